The summed E-state index contributed by atoms with van der Waals surface area (Å²) in [7, 11) is 0. The lowest BCUT2D eigenvalue weighted by molar-refractivity contribution is -0.129. The lowest BCUT2D eigenvalue weighted by Crippen LogP contribution is -2.33. The van der Waals surface area contributed by atoms with Crippen LogP contribution in [0.5, 0.6) is 0 Å². The first-order valence-electron chi connectivity index (χ1n) is 10.0. The van der Waals surface area contributed by atoms with Crippen molar-refractivity contribution >= 4 is 51.0 Å². The van der Waals surface area contributed by atoms with E-state index in [0.29, 0.717) is 17.2 Å². The number of benzene rings is 2. The van der Waals surface area contributed by atoms with Gasteiger partial charge in [0.1, 0.15) is 4.88 Å². The van der Waals surface area contributed by atoms with E-state index in [4.69, 9.17) is 4.74 Å². The van der Waals surface area contributed by atoms with Gasteiger partial charge in [0.15, 0.2) is 0 Å². The van der Waals surface area contributed by atoms with E-state index in [1.54, 1.807) is 24.1 Å². The van der Waals surface area contributed by atoms with Gasteiger partial charge in [-0.3, -0.25) is 9.59 Å². The third kappa shape index (κ3) is 4.36. The number of esters is 1. The second-order valence-electron chi connectivity index (χ2n) is 7.22. The van der Waals surface area contributed by atoms with Crippen molar-refractivity contribution in [2.45, 2.75) is 26.3 Å². The maximum atomic E-state index is 12.8. The van der Waals surface area contributed by atoms with Gasteiger partial charge in [0.05, 0.1) is 19.1 Å². The Hall–Kier alpha value is -3.45. The maximum absolute atomic E-state index is 12.8. The van der Waals surface area contributed by atoms with Gasteiger partial charge in [0, 0.05) is 23.5 Å². The van der Waals surface area contributed by atoms with Gasteiger partial charge in [0.25, 0.3) is 0 Å². The minimum atomic E-state index is -0.362. The molecule has 0 radical (unpaired) electrons. The average molecular weight is 435 g/mol. The van der Waals surface area contributed by atoms with Crippen LogP contribution in [0.25, 0.3) is 16.2 Å². The van der Waals surface area contributed by atoms with Gasteiger partial charge in [-0.05, 0) is 53.8 Å². The fourth-order valence-corrected chi connectivity index (χ4v) is 4.66. The van der Waals surface area contributed by atoms with Gasteiger partial charge in [-0.1, -0.05) is 24.3 Å². The highest BCUT2D eigenvalue weighted by Gasteiger charge is 2.28. The summed E-state index contributed by atoms with van der Waals surface area (Å²) >= 11 is 1.36. The van der Waals surface area contributed by atoms with Crippen molar-refractivity contribution in [3.8, 4) is 0 Å². The Bertz CT molecular complexity index is 1200. The van der Waals surface area contributed by atoms with E-state index in [0.717, 1.165) is 21.2 Å². The van der Waals surface area contributed by atoms with Crippen LogP contribution in [0.1, 0.15) is 47.1 Å². The number of thiophene rings is 1. The third-order valence-electron chi connectivity index (χ3n) is 5.12. The molecule has 158 valence electrons. The number of hydrogen-bond donors (Lipinski definition) is 1. The lowest BCUT2D eigenvalue weighted by atomic mass is 9.93. The van der Waals surface area contributed by atoms with Crippen LogP contribution in [0.2, 0.25) is 0 Å². The zero-order valence-corrected chi connectivity index (χ0v) is 18.1. The number of carbonyl (C=O) groups excluding carboxylic acids is 3. The standard InChI is InChI=1S/C24H22N2O4S/c1-3-30-24(29)22-13-17-12-18(8-9-21(17)31-22)25-23(28)14-20-19-7-5-4-6-16(19)10-11-26(20)15(2)27/h4-13,20H,3,14H2,1-2H3,(H,25,28). The summed E-state index contributed by atoms with van der Waals surface area (Å²) in [4.78, 5) is 39.1. The number of anilines is 1. The highest BCUT2D eigenvalue weighted by atomic mass is 32.1. The van der Waals surface area contributed by atoms with Crippen LogP contribution >= 0.6 is 11.3 Å². The first-order valence-corrected chi connectivity index (χ1v) is 10.8. The molecule has 7 heteroatoms. The molecule has 0 saturated heterocycles. The number of fused-ring (bicyclic) bond motifs is 2. The van der Waals surface area contributed by atoms with Crippen LogP contribution in [-0.4, -0.2) is 29.3 Å². The predicted octanol–water partition coefficient (Wildman–Crippen LogP) is 4.98. The molecule has 2 amide bonds. The van der Waals surface area contributed by atoms with Gasteiger partial charge >= 0.3 is 5.97 Å². The highest BCUT2D eigenvalue weighted by Crippen LogP contribution is 2.33. The van der Waals surface area contributed by atoms with Crippen LogP contribution in [-0.2, 0) is 14.3 Å². The fraction of sp³-hybridized carbons (Fsp3) is 0.208. The van der Waals surface area contributed by atoms with Gasteiger partial charge in [-0.2, -0.15) is 0 Å². The number of carbonyl (C=O) groups is 3. The Morgan fingerprint density at radius 1 is 1.13 bits per heavy atom. The summed E-state index contributed by atoms with van der Waals surface area (Å²) in [6.45, 7) is 3.59. The Kier molecular flexibility index (Phi) is 5.86. The molecule has 4 rings (SSSR count). The highest BCUT2D eigenvalue weighted by molar-refractivity contribution is 7.20. The second kappa shape index (κ2) is 8.73. The zero-order valence-electron chi connectivity index (χ0n) is 17.3. The Labute approximate surface area is 184 Å². The first-order chi connectivity index (χ1) is 15.0. The topological polar surface area (TPSA) is 75.7 Å². The van der Waals surface area contributed by atoms with E-state index < -0.39 is 0 Å². The summed E-state index contributed by atoms with van der Waals surface area (Å²) in [6.07, 6.45) is 3.75. The van der Waals surface area contributed by atoms with Crippen molar-refractivity contribution in [3.63, 3.8) is 0 Å². The molecule has 1 atom stereocenters. The number of nitrogens with zero attached hydrogens (tertiary/aromatic N) is 1. The Morgan fingerprint density at radius 3 is 2.71 bits per heavy atom. The summed E-state index contributed by atoms with van der Waals surface area (Å²) < 4.78 is 6.00. The van der Waals surface area contributed by atoms with E-state index in [1.807, 2.05) is 48.5 Å². The molecule has 1 aliphatic rings. The number of nitrogens with one attached hydrogen (secondary N) is 1. The van der Waals surface area contributed by atoms with Crippen LogP contribution in [0, 0.1) is 0 Å². The van der Waals surface area contributed by atoms with Crippen LogP contribution in [0.3, 0.4) is 0 Å². The van der Waals surface area contributed by atoms with Crippen LogP contribution < -0.4 is 5.32 Å². The van der Waals surface area contributed by atoms with Crippen molar-refractivity contribution in [1.29, 1.82) is 0 Å². The molecular formula is C24H22N2O4S. The molecule has 0 bridgehead atoms. The van der Waals surface area contributed by atoms with E-state index in [2.05, 4.69) is 5.32 Å². The lowest BCUT2D eigenvalue weighted by Gasteiger charge is -2.32. The molecule has 31 heavy (non-hydrogen) atoms. The van der Waals surface area contributed by atoms with E-state index in [-0.39, 0.29) is 30.2 Å². The largest absolute Gasteiger partial charge is 0.462 e. The summed E-state index contributed by atoms with van der Waals surface area (Å²) in [5.41, 5.74) is 2.59. The normalized spacial score (nSPS) is 14.9. The van der Waals surface area contributed by atoms with E-state index >= 15 is 0 Å². The molecular weight excluding hydrogens is 412 g/mol. The Morgan fingerprint density at radius 2 is 1.94 bits per heavy atom. The van der Waals surface area contributed by atoms with Gasteiger partial charge < -0.3 is 15.0 Å². The maximum Gasteiger partial charge on any atom is 0.348 e. The Balaban J connectivity index is 1.52. The van der Waals surface area contributed by atoms with E-state index in [1.165, 1.54) is 18.3 Å². The number of ether oxygens (including phenoxy) is 1. The minimum Gasteiger partial charge on any atom is -0.462 e. The molecule has 2 heterocycles. The molecule has 2 aromatic carbocycles. The molecule has 1 unspecified atom stereocenters. The number of rotatable bonds is 5. The summed E-state index contributed by atoms with van der Waals surface area (Å²) in [5.74, 6) is -0.654. The molecule has 1 aromatic heterocycles. The predicted molar refractivity (Wildman–Crippen MR) is 122 cm³/mol. The van der Waals surface area contributed by atoms with Crippen molar-refractivity contribution in [1.82, 2.24) is 4.90 Å². The van der Waals surface area contributed by atoms with Crippen LogP contribution in [0.15, 0.2) is 54.7 Å². The smallest absolute Gasteiger partial charge is 0.348 e. The molecule has 1 aliphatic heterocycles. The molecule has 0 fully saturated rings. The summed E-state index contributed by atoms with van der Waals surface area (Å²) in [5, 5.41) is 3.79. The molecule has 1 N–H and O–H groups in total. The van der Waals surface area contributed by atoms with Gasteiger partial charge in [0.2, 0.25) is 11.8 Å². The SMILES string of the molecule is CCOC(=O)c1cc2cc(NC(=O)CC3c4ccccc4C=CN3C(C)=O)ccc2s1. The number of amides is 2. The van der Waals surface area contributed by atoms with Crippen molar-refractivity contribution in [3.05, 3.63) is 70.7 Å². The zero-order chi connectivity index (χ0) is 22.0. The second-order valence-corrected chi connectivity index (χ2v) is 8.31. The first kappa shape index (κ1) is 20.8. The fourth-order valence-electron chi connectivity index (χ4n) is 3.72. The quantitative estimate of drug-likeness (QED) is 0.575. The van der Waals surface area contributed by atoms with Gasteiger partial charge in [-0.15, -0.1) is 11.3 Å². The molecule has 0 saturated carbocycles. The van der Waals surface area contributed by atoms with Crippen LogP contribution in [0.4, 0.5) is 5.69 Å². The van der Waals surface area contributed by atoms with Crippen molar-refractivity contribution in [2.24, 2.45) is 0 Å². The van der Waals surface area contributed by atoms with Gasteiger partial charge in [-0.25, -0.2) is 4.79 Å². The van der Waals surface area contributed by atoms with Crippen molar-refractivity contribution < 1.29 is 19.1 Å². The monoisotopic (exact) mass is 434 g/mol. The molecule has 0 spiro atoms. The van der Waals surface area contributed by atoms with E-state index in [9.17, 15) is 14.4 Å². The minimum absolute atomic E-state index is 0.116. The molecule has 0 aliphatic carbocycles. The molecule has 6 nitrogen and oxygen atoms in total. The third-order valence-corrected chi connectivity index (χ3v) is 6.22. The molecule has 3 aromatic rings. The summed E-state index contributed by atoms with van der Waals surface area (Å²) in [6, 6.07) is 14.7. The number of hydrogen-bond acceptors (Lipinski definition) is 5. The van der Waals surface area contributed by atoms with Crippen molar-refractivity contribution in [2.75, 3.05) is 11.9 Å². The average Bonchev–Trinajstić information content (AvgIpc) is 3.17.